The van der Waals surface area contributed by atoms with E-state index in [2.05, 4.69) is 36.5 Å². The lowest BCUT2D eigenvalue weighted by Crippen LogP contribution is -2.12. The Hall–Kier alpha value is -1.94. The molecule has 0 saturated heterocycles. The topological polar surface area (TPSA) is 63.6 Å². The second kappa shape index (κ2) is 15.0. The lowest BCUT2D eigenvalue weighted by atomic mass is 9.91. The van der Waals surface area contributed by atoms with Gasteiger partial charge in [0.25, 0.3) is 0 Å². The van der Waals surface area contributed by atoms with Gasteiger partial charge in [-0.05, 0) is 43.6 Å². The summed E-state index contributed by atoms with van der Waals surface area (Å²) in [6.07, 6.45) is 19.6. The summed E-state index contributed by atoms with van der Waals surface area (Å²) < 4.78 is 4.63. The van der Waals surface area contributed by atoms with Crippen molar-refractivity contribution in [1.29, 1.82) is 0 Å². The highest BCUT2D eigenvalue weighted by molar-refractivity contribution is 5.83. The number of carbonyl (C=O) groups is 2. The molecule has 29 heavy (non-hydrogen) atoms. The number of methoxy groups -OCH3 is 1. The number of aliphatic hydroxyl groups is 1. The van der Waals surface area contributed by atoms with E-state index in [0.717, 1.165) is 56.9 Å². The molecule has 0 aromatic carbocycles. The SMILES string of the molecule is C=C/C(=C\C=C\[C@H]1CCC(=O)[C@@H]1C/C=C\CCCC(=O)OC)C(O)CCCCC. The number of hydrogen-bond acceptors (Lipinski definition) is 4. The fourth-order valence-electron chi connectivity index (χ4n) is 3.68. The predicted octanol–water partition coefficient (Wildman–Crippen LogP) is 5.48. The number of unbranched alkanes of at least 4 members (excludes halogenated alkanes) is 3. The molecular weight excluding hydrogens is 364 g/mol. The Morgan fingerprint density at radius 3 is 2.79 bits per heavy atom. The van der Waals surface area contributed by atoms with E-state index in [-0.39, 0.29) is 17.8 Å². The number of hydrogen-bond donors (Lipinski definition) is 1. The third-order valence-electron chi connectivity index (χ3n) is 5.54. The Balaban J connectivity index is 2.52. The summed E-state index contributed by atoms with van der Waals surface area (Å²) in [7, 11) is 1.40. The third kappa shape index (κ3) is 9.89. The largest absolute Gasteiger partial charge is 0.469 e. The average molecular weight is 403 g/mol. The van der Waals surface area contributed by atoms with Gasteiger partial charge in [-0.2, -0.15) is 0 Å². The lowest BCUT2D eigenvalue weighted by Gasteiger charge is -2.13. The molecule has 0 heterocycles. The van der Waals surface area contributed by atoms with Crippen LogP contribution < -0.4 is 0 Å². The van der Waals surface area contributed by atoms with Crippen molar-refractivity contribution in [3.8, 4) is 0 Å². The van der Waals surface area contributed by atoms with Gasteiger partial charge in [0.1, 0.15) is 5.78 Å². The van der Waals surface area contributed by atoms with Crippen LogP contribution in [0.2, 0.25) is 0 Å². The van der Waals surface area contributed by atoms with Crippen molar-refractivity contribution in [3.63, 3.8) is 0 Å². The summed E-state index contributed by atoms with van der Waals surface area (Å²) in [5.41, 5.74) is 0.837. The summed E-state index contributed by atoms with van der Waals surface area (Å²) in [4.78, 5) is 23.3. The number of aliphatic hydroxyl groups excluding tert-OH is 1. The summed E-state index contributed by atoms with van der Waals surface area (Å²) in [6, 6.07) is 0. The standard InChI is InChI=1S/C25H38O4/c1-4-6-9-16-23(26)20(5-2)13-12-14-21-18-19-24(27)22(21)15-10-7-8-11-17-25(28)29-3/h5,7,10,12-14,21-23,26H,2,4,6,8-9,11,15-19H2,1,3H3/b10-7-,14-12+,20-13+/t21-,22+,23?/m0/s1. The molecule has 0 spiro atoms. The number of esters is 1. The first kappa shape index (κ1) is 25.1. The maximum atomic E-state index is 12.2. The Kier molecular flexibility index (Phi) is 13.0. The van der Waals surface area contributed by atoms with Crippen molar-refractivity contribution in [2.45, 2.75) is 77.2 Å². The lowest BCUT2D eigenvalue weighted by molar-refractivity contribution is -0.140. The van der Waals surface area contributed by atoms with Crippen LogP contribution in [0.1, 0.15) is 71.1 Å². The van der Waals surface area contributed by atoms with Crippen molar-refractivity contribution >= 4 is 11.8 Å². The summed E-state index contributed by atoms with van der Waals surface area (Å²) in [5, 5.41) is 10.3. The molecule has 1 N–H and O–H groups in total. The number of Topliss-reactive ketones (excluding diaryl/α,β-unsaturated/α-hetero) is 1. The highest BCUT2D eigenvalue weighted by atomic mass is 16.5. The first-order chi connectivity index (χ1) is 14.0. The van der Waals surface area contributed by atoms with Crippen molar-refractivity contribution in [1.82, 2.24) is 0 Å². The third-order valence-corrected chi connectivity index (χ3v) is 5.54. The summed E-state index contributed by atoms with van der Waals surface area (Å²) in [5.74, 6) is 0.406. The minimum absolute atomic E-state index is 0.0261. The van der Waals surface area contributed by atoms with E-state index in [1.54, 1.807) is 6.08 Å². The molecule has 0 aromatic rings. The minimum Gasteiger partial charge on any atom is -0.469 e. The van der Waals surface area contributed by atoms with Crippen LogP contribution in [0.15, 0.2) is 48.6 Å². The van der Waals surface area contributed by atoms with Crippen LogP contribution >= 0.6 is 0 Å². The van der Waals surface area contributed by atoms with Gasteiger partial charge >= 0.3 is 5.97 Å². The highest BCUT2D eigenvalue weighted by Gasteiger charge is 2.31. The quantitative estimate of drug-likeness (QED) is 0.181. The minimum atomic E-state index is -0.474. The number of ketones is 1. The fourth-order valence-corrected chi connectivity index (χ4v) is 3.68. The molecule has 1 unspecified atom stereocenters. The highest BCUT2D eigenvalue weighted by Crippen LogP contribution is 2.32. The van der Waals surface area contributed by atoms with Crippen molar-refractivity contribution < 1.29 is 19.4 Å². The Bertz CT molecular complexity index is 600. The summed E-state index contributed by atoms with van der Waals surface area (Å²) >= 11 is 0. The molecule has 0 aromatic heterocycles. The molecule has 1 aliphatic rings. The number of carbonyl (C=O) groups excluding carboxylic acids is 2. The zero-order valence-electron chi connectivity index (χ0n) is 18.1. The van der Waals surface area contributed by atoms with E-state index >= 15 is 0 Å². The zero-order valence-corrected chi connectivity index (χ0v) is 18.1. The monoisotopic (exact) mass is 402 g/mol. The average Bonchev–Trinajstić information content (AvgIpc) is 3.07. The van der Waals surface area contributed by atoms with Crippen LogP contribution in [-0.4, -0.2) is 30.1 Å². The Morgan fingerprint density at radius 2 is 2.10 bits per heavy atom. The van der Waals surface area contributed by atoms with Gasteiger partial charge in [0.05, 0.1) is 13.2 Å². The second-order valence-corrected chi connectivity index (χ2v) is 7.72. The van der Waals surface area contributed by atoms with Gasteiger partial charge in [0.15, 0.2) is 0 Å². The number of allylic oxidation sites excluding steroid dienone is 5. The molecular formula is C25H38O4. The van der Waals surface area contributed by atoms with Gasteiger partial charge < -0.3 is 9.84 Å². The van der Waals surface area contributed by atoms with Gasteiger partial charge in [-0.3, -0.25) is 9.59 Å². The summed E-state index contributed by atoms with van der Waals surface area (Å²) in [6.45, 7) is 5.96. The molecule has 4 nitrogen and oxygen atoms in total. The van der Waals surface area contributed by atoms with E-state index in [0.29, 0.717) is 18.6 Å². The van der Waals surface area contributed by atoms with E-state index in [9.17, 15) is 14.7 Å². The molecule has 162 valence electrons. The molecule has 0 amide bonds. The molecule has 1 rings (SSSR count). The van der Waals surface area contributed by atoms with E-state index < -0.39 is 6.10 Å². The van der Waals surface area contributed by atoms with E-state index in [4.69, 9.17) is 0 Å². The van der Waals surface area contributed by atoms with Gasteiger partial charge in [-0.1, -0.05) is 69.2 Å². The van der Waals surface area contributed by atoms with E-state index in [1.165, 1.54) is 7.11 Å². The number of rotatable bonds is 14. The molecule has 1 saturated carbocycles. The first-order valence-corrected chi connectivity index (χ1v) is 11.0. The molecule has 1 fully saturated rings. The fraction of sp³-hybridized carbons (Fsp3) is 0.600. The van der Waals surface area contributed by atoms with Gasteiger partial charge in [-0.15, -0.1) is 0 Å². The molecule has 0 aliphatic heterocycles. The maximum absolute atomic E-state index is 12.2. The van der Waals surface area contributed by atoms with Crippen molar-refractivity contribution in [2.75, 3.05) is 7.11 Å². The van der Waals surface area contributed by atoms with Gasteiger partial charge in [0, 0.05) is 18.8 Å². The Morgan fingerprint density at radius 1 is 1.31 bits per heavy atom. The van der Waals surface area contributed by atoms with Gasteiger partial charge in [0.2, 0.25) is 0 Å². The molecule has 0 radical (unpaired) electrons. The second-order valence-electron chi connectivity index (χ2n) is 7.72. The first-order valence-electron chi connectivity index (χ1n) is 11.0. The van der Waals surface area contributed by atoms with Crippen LogP contribution in [0.4, 0.5) is 0 Å². The molecule has 4 heteroatoms. The maximum Gasteiger partial charge on any atom is 0.305 e. The van der Waals surface area contributed by atoms with Crippen LogP contribution in [0.3, 0.4) is 0 Å². The van der Waals surface area contributed by atoms with Gasteiger partial charge in [-0.25, -0.2) is 0 Å². The van der Waals surface area contributed by atoms with Crippen molar-refractivity contribution in [2.24, 2.45) is 11.8 Å². The molecule has 0 bridgehead atoms. The smallest absolute Gasteiger partial charge is 0.305 e. The van der Waals surface area contributed by atoms with Crippen LogP contribution in [0.5, 0.6) is 0 Å². The van der Waals surface area contributed by atoms with Crippen LogP contribution in [0, 0.1) is 11.8 Å². The molecule has 3 atom stereocenters. The van der Waals surface area contributed by atoms with Crippen molar-refractivity contribution in [3.05, 3.63) is 48.6 Å². The zero-order chi connectivity index (χ0) is 21.5. The van der Waals surface area contributed by atoms with E-state index in [1.807, 2.05) is 12.2 Å². The molecule has 1 aliphatic carbocycles. The normalized spacial score (nSPS) is 21.2. The number of ether oxygens (including phenoxy) is 1. The Labute approximate surface area is 176 Å². The van der Waals surface area contributed by atoms with Crippen LogP contribution in [0.25, 0.3) is 0 Å². The van der Waals surface area contributed by atoms with Crippen LogP contribution in [-0.2, 0) is 14.3 Å². The predicted molar refractivity (Wildman–Crippen MR) is 118 cm³/mol.